The minimum atomic E-state index is 0.254. The number of nitrogens with two attached hydrogens (primary N) is 1. The molecule has 0 amide bonds. The van der Waals surface area contributed by atoms with E-state index in [1.54, 1.807) is 0 Å². The summed E-state index contributed by atoms with van der Waals surface area (Å²) >= 11 is 0. The van der Waals surface area contributed by atoms with Crippen LogP contribution in [0.3, 0.4) is 0 Å². The van der Waals surface area contributed by atoms with Crippen molar-refractivity contribution in [1.82, 2.24) is 4.90 Å². The Hall–Kier alpha value is -2.88. The summed E-state index contributed by atoms with van der Waals surface area (Å²) in [7, 11) is 0. The summed E-state index contributed by atoms with van der Waals surface area (Å²) in [6.45, 7) is 11.6. The lowest BCUT2D eigenvalue weighted by atomic mass is 9.86. The molecule has 0 aromatic heterocycles. The molecular weight excluding hydrogens is 500 g/mol. The molecule has 0 aliphatic carbocycles. The van der Waals surface area contributed by atoms with Crippen molar-refractivity contribution in [2.45, 2.75) is 104 Å². The van der Waals surface area contributed by atoms with E-state index >= 15 is 0 Å². The van der Waals surface area contributed by atoms with E-state index in [9.17, 15) is 0 Å². The van der Waals surface area contributed by atoms with Gasteiger partial charge in [-0.15, -0.1) is 0 Å². The summed E-state index contributed by atoms with van der Waals surface area (Å²) in [6.07, 6.45) is 14.4. The molecule has 0 aliphatic heterocycles. The zero-order valence-electron chi connectivity index (χ0n) is 26.1. The molecule has 3 aromatic carbocycles. The zero-order valence-corrected chi connectivity index (χ0v) is 26.1. The van der Waals surface area contributed by atoms with E-state index in [-0.39, 0.29) is 5.92 Å². The molecule has 0 saturated heterocycles. The van der Waals surface area contributed by atoms with Crippen LogP contribution in [0.2, 0.25) is 0 Å². The second-order valence-corrected chi connectivity index (χ2v) is 11.8. The molecule has 3 aromatic rings. The number of benzene rings is 3. The van der Waals surface area contributed by atoms with Gasteiger partial charge in [0.15, 0.2) is 0 Å². The Labute approximate surface area is 250 Å². The highest BCUT2D eigenvalue weighted by Crippen LogP contribution is 2.36. The minimum Gasteiger partial charge on any atom is -0.489 e. The predicted octanol–water partition coefficient (Wildman–Crippen LogP) is 9.61. The van der Waals surface area contributed by atoms with Crippen LogP contribution in [-0.4, -0.2) is 30.1 Å². The molecule has 0 bridgehead atoms. The van der Waals surface area contributed by atoms with Crippen LogP contribution in [0.15, 0.2) is 84.9 Å². The lowest BCUT2D eigenvalue weighted by Crippen LogP contribution is -2.38. The van der Waals surface area contributed by atoms with Gasteiger partial charge >= 0.3 is 0 Å². The standard InChI is InChI=1S/C38H54N2O/c1-31(2)40(32(3)4)28-26-36(35-22-16-12-17-23-35)37-29-33(19-13-9-7-5-6-8-10-18-27-39)24-25-38(37)41-30-34-20-14-11-15-21-34/h11-17,19-25,29,31-32,36H,5-10,18,26-28,30,39H2,1-4H3. The van der Waals surface area contributed by atoms with Gasteiger partial charge in [-0.25, -0.2) is 0 Å². The van der Waals surface area contributed by atoms with Gasteiger partial charge in [-0.2, -0.15) is 0 Å². The third-order valence-electron chi connectivity index (χ3n) is 7.99. The van der Waals surface area contributed by atoms with Crippen LogP contribution in [0, 0.1) is 0 Å². The Morgan fingerprint density at radius 1 is 0.756 bits per heavy atom. The SMILES string of the molecule is CC(C)N(CCC(c1ccccc1)c1cc(C=CCCCCCCCCN)ccc1OCc1ccccc1)C(C)C. The van der Waals surface area contributed by atoms with E-state index in [1.165, 1.54) is 54.4 Å². The third-order valence-corrected chi connectivity index (χ3v) is 7.99. The van der Waals surface area contributed by atoms with E-state index in [0.717, 1.165) is 38.1 Å². The van der Waals surface area contributed by atoms with Crippen molar-refractivity contribution in [1.29, 1.82) is 0 Å². The van der Waals surface area contributed by atoms with Crippen molar-refractivity contribution >= 4 is 6.08 Å². The van der Waals surface area contributed by atoms with E-state index in [2.05, 4.69) is 124 Å². The minimum absolute atomic E-state index is 0.254. The largest absolute Gasteiger partial charge is 0.489 e. The molecule has 1 atom stereocenters. The average Bonchev–Trinajstić information content (AvgIpc) is 2.98. The number of hydrogen-bond acceptors (Lipinski definition) is 3. The molecule has 41 heavy (non-hydrogen) atoms. The molecule has 222 valence electrons. The fourth-order valence-electron chi connectivity index (χ4n) is 5.72. The van der Waals surface area contributed by atoms with Crippen LogP contribution in [0.4, 0.5) is 0 Å². The molecule has 1 unspecified atom stereocenters. The molecule has 3 nitrogen and oxygen atoms in total. The van der Waals surface area contributed by atoms with E-state index in [0.29, 0.717) is 18.7 Å². The van der Waals surface area contributed by atoms with Gasteiger partial charge < -0.3 is 10.5 Å². The average molecular weight is 555 g/mol. The van der Waals surface area contributed by atoms with Crippen molar-refractivity contribution in [2.24, 2.45) is 5.73 Å². The molecule has 0 fully saturated rings. The maximum Gasteiger partial charge on any atom is 0.123 e. The number of ether oxygens (including phenoxy) is 1. The van der Waals surface area contributed by atoms with Gasteiger partial charge in [0.05, 0.1) is 0 Å². The van der Waals surface area contributed by atoms with E-state index in [1.807, 2.05) is 0 Å². The maximum atomic E-state index is 6.53. The number of rotatable bonds is 19. The molecule has 0 radical (unpaired) electrons. The first-order valence-corrected chi connectivity index (χ1v) is 16.0. The summed E-state index contributed by atoms with van der Waals surface area (Å²) < 4.78 is 6.53. The second-order valence-electron chi connectivity index (χ2n) is 11.8. The molecule has 2 N–H and O–H groups in total. The van der Waals surface area contributed by atoms with Gasteiger partial charge in [0.2, 0.25) is 0 Å². The van der Waals surface area contributed by atoms with Gasteiger partial charge in [0.25, 0.3) is 0 Å². The predicted molar refractivity (Wildman–Crippen MR) is 178 cm³/mol. The van der Waals surface area contributed by atoms with Gasteiger partial charge in [-0.05, 0) is 95.3 Å². The molecule has 0 spiro atoms. The van der Waals surface area contributed by atoms with Crippen molar-refractivity contribution in [3.63, 3.8) is 0 Å². The summed E-state index contributed by atoms with van der Waals surface area (Å²) in [6, 6.07) is 29.2. The fraction of sp³-hybridized carbons (Fsp3) is 0.474. The van der Waals surface area contributed by atoms with E-state index in [4.69, 9.17) is 10.5 Å². The van der Waals surface area contributed by atoms with Gasteiger partial charge in [-0.1, -0.05) is 105 Å². The lowest BCUT2D eigenvalue weighted by molar-refractivity contribution is 0.170. The highest BCUT2D eigenvalue weighted by Gasteiger charge is 2.22. The zero-order chi connectivity index (χ0) is 29.3. The van der Waals surface area contributed by atoms with Crippen LogP contribution in [0.1, 0.15) is 107 Å². The molecule has 3 rings (SSSR count). The van der Waals surface area contributed by atoms with Gasteiger partial charge in [0.1, 0.15) is 12.4 Å². The van der Waals surface area contributed by atoms with Crippen molar-refractivity contribution in [3.05, 3.63) is 107 Å². The summed E-state index contributed by atoms with van der Waals surface area (Å²) in [5.74, 6) is 1.24. The highest BCUT2D eigenvalue weighted by atomic mass is 16.5. The van der Waals surface area contributed by atoms with Crippen molar-refractivity contribution < 1.29 is 4.74 Å². The van der Waals surface area contributed by atoms with Crippen LogP contribution in [0.25, 0.3) is 6.08 Å². The van der Waals surface area contributed by atoms with Crippen LogP contribution < -0.4 is 10.5 Å². The second kappa shape index (κ2) is 18.5. The Bertz CT molecular complexity index is 1120. The van der Waals surface area contributed by atoms with Gasteiger partial charge in [-0.3, -0.25) is 4.90 Å². The number of unbranched alkanes of at least 4 members (excludes halogenated alkanes) is 6. The van der Waals surface area contributed by atoms with Crippen molar-refractivity contribution in [3.8, 4) is 5.75 Å². The number of allylic oxidation sites excluding steroid dienone is 1. The lowest BCUT2D eigenvalue weighted by Gasteiger charge is -2.32. The maximum absolute atomic E-state index is 6.53. The Morgan fingerprint density at radius 2 is 1.39 bits per heavy atom. The van der Waals surface area contributed by atoms with Crippen molar-refractivity contribution in [2.75, 3.05) is 13.1 Å². The number of nitrogens with zero attached hydrogens (tertiary/aromatic N) is 1. The first kappa shape index (κ1) is 32.6. The Morgan fingerprint density at radius 3 is 2.05 bits per heavy atom. The quantitative estimate of drug-likeness (QED) is 0.150. The summed E-state index contributed by atoms with van der Waals surface area (Å²) in [5.41, 5.74) is 10.7. The van der Waals surface area contributed by atoms with E-state index < -0.39 is 0 Å². The molecule has 0 aliphatic rings. The van der Waals surface area contributed by atoms with Crippen LogP contribution >= 0.6 is 0 Å². The highest BCUT2D eigenvalue weighted by molar-refractivity contribution is 5.55. The normalized spacial score (nSPS) is 12.6. The Balaban J connectivity index is 1.83. The topological polar surface area (TPSA) is 38.5 Å². The third kappa shape index (κ3) is 11.5. The monoisotopic (exact) mass is 554 g/mol. The summed E-state index contributed by atoms with van der Waals surface area (Å²) in [5, 5.41) is 0. The number of hydrogen-bond donors (Lipinski definition) is 1. The summed E-state index contributed by atoms with van der Waals surface area (Å²) in [4.78, 5) is 2.60. The first-order chi connectivity index (χ1) is 20.0. The molecule has 0 saturated carbocycles. The molecule has 0 heterocycles. The van der Waals surface area contributed by atoms with Gasteiger partial charge in [0, 0.05) is 23.6 Å². The molecule has 3 heteroatoms. The van der Waals surface area contributed by atoms with Crippen LogP contribution in [0.5, 0.6) is 5.75 Å². The Kier molecular flexibility index (Phi) is 14.7. The molecular formula is C38H54N2O. The van der Waals surface area contributed by atoms with Crippen LogP contribution in [-0.2, 0) is 6.61 Å². The fourth-order valence-corrected chi connectivity index (χ4v) is 5.72. The first-order valence-electron chi connectivity index (χ1n) is 16.0. The smallest absolute Gasteiger partial charge is 0.123 e.